The molecule has 0 bridgehead atoms. The molecule has 0 aliphatic carbocycles. The fourth-order valence-electron chi connectivity index (χ4n) is 2.83. The van der Waals surface area contributed by atoms with E-state index in [1.165, 1.54) is 0 Å². The number of rotatable bonds is 6. The fourth-order valence-corrected chi connectivity index (χ4v) is 2.83. The Morgan fingerprint density at radius 2 is 1.92 bits per heavy atom. The number of morpholine rings is 1. The van der Waals surface area contributed by atoms with Crippen LogP contribution in [0.15, 0.2) is 24.3 Å². The number of Topliss-reactive ketones (excluding diaryl/α,β-unsaturated/α-hetero) is 1. The summed E-state index contributed by atoms with van der Waals surface area (Å²) in [6, 6.07) is 6.99. The van der Waals surface area contributed by atoms with Gasteiger partial charge in [-0.25, -0.2) is 4.79 Å². The summed E-state index contributed by atoms with van der Waals surface area (Å²) in [5.41, 5.74) is 0.314. The first-order valence-corrected chi connectivity index (χ1v) is 8.53. The van der Waals surface area contributed by atoms with Crippen LogP contribution < -0.4 is 4.74 Å². The maximum absolute atomic E-state index is 12.2. The SMILES string of the molecule is CC(=O)C(c1cccc(OCC(=O)OC(C)(C)C)c1)N1CCOCC1. The molecule has 2 rings (SSSR count). The zero-order valence-electron chi connectivity index (χ0n) is 15.4. The van der Waals surface area contributed by atoms with Gasteiger partial charge in [0.2, 0.25) is 0 Å². The van der Waals surface area contributed by atoms with Gasteiger partial charge >= 0.3 is 5.97 Å². The Hall–Kier alpha value is -1.92. The standard InChI is InChI=1S/C19H27NO5/c1-14(21)18(20-8-10-23-11-9-20)15-6-5-7-16(12-15)24-13-17(22)25-19(2,3)4/h5-7,12,18H,8-11,13H2,1-4H3. The summed E-state index contributed by atoms with van der Waals surface area (Å²) in [6.07, 6.45) is 0. The van der Waals surface area contributed by atoms with Crippen molar-refractivity contribution in [3.8, 4) is 5.75 Å². The molecule has 1 unspecified atom stereocenters. The minimum atomic E-state index is -0.543. The molecule has 6 nitrogen and oxygen atoms in total. The summed E-state index contributed by atoms with van der Waals surface area (Å²) in [7, 11) is 0. The van der Waals surface area contributed by atoms with E-state index in [1.807, 2.05) is 39.0 Å². The summed E-state index contributed by atoms with van der Waals surface area (Å²) in [5.74, 6) is 0.197. The average molecular weight is 349 g/mol. The maximum Gasteiger partial charge on any atom is 0.344 e. The van der Waals surface area contributed by atoms with E-state index < -0.39 is 11.6 Å². The molecule has 1 aliphatic rings. The number of ketones is 1. The van der Waals surface area contributed by atoms with Crippen molar-refractivity contribution in [2.45, 2.75) is 39.3 Å². The predicted octanol–water partition coefficient (Wildman–Crippen LogP) is 2.37. The molecule has 0 saturated carbocycles. The molecule has 1 aromatic carbocycles. The van der Waals surface area contributed by atoms with Crippen LogP contribution in [0.25, 0.3) is 0 Å². The lowest BCUT2D eigenvalue weighted by molar-refractivity contribution is -0.157. The van der Waals surface area contributed by atoms with Crippen molar-refractivity contribution in [2.24, 2.45) is 0 Å². The van der Waals surface area contributed by atoms with Gasteiger partial charge in [-0.3, -0.25) is 9.69 Å². The van der Waals surface area contributed by atoms with Gasteiger partial charge in [-0.1, -0.05) is 12.1 Å². The van der Waals surface area contributed by atoms with Crippen LogP contribution >= 0.6 is 0 Å². The topological polar surface area (TPSA) is 65.1 Å². The molecule has 1 aliphatic heterocycles. The number of esters is 1. The van der Waals surface area contributed by atoms with E-state index in [1.54, 1.807) is 13.0 Å². The molecular formula is C19H27NO5. The lowest BCUT2D eigenvalue weighted by Crippen LogP contribution is -2.41. The number of carbonyl (C=O) groups is 2. The van der Waals surface area contributed by atoms with Gasteiger partial charge in [-0.15, -0.1) is 0 Å². The second kappa shape index (κ2) is 8.45. The van der Waals surface area contributed by atoms with Crippen molar-refractivity contribution in [3.63, 3.8) is 0 Å². The maximum atomic E-state index is 12.2. The lowest BCUT2D eigenvalue weighted by Gasteiger charge is -2.33. The smallest absolute Gasteiger partial charge is 0.344 e. The highest BCUT2D eigenvalue weighted by Crippen LogP contribution is 2.26. The van der Waals surface area contributed by atoms with Crippen molar-refractivity contribution >= 4 is 11.8 Å². The van der Waals surface area contributed by atoms with E-state index in [0.717, 1.165) is 5.56 Å². The Morgan fingerprint density at radius 3 is 2.52 bits per heavy atom. The van der Waals surface area contributed by atoms with Crippen molar-refractivity contribution in [1.29, 1.82) is 0 Å². The number of hydrogen-bond donors (Lipinski definition) is 0. The van der Waals surface area contributed by atoms with E-state index >= 15 is 0 Å². The lowest BCUT2D eigenvalue weighted by atomic mass is 10.0. The van der Waals surface area contributed by atoms with Crippen LogP contribution in [-0.4, -0.2) is 55.2 Å². The second-order valence-corrected chi connectivity index (χ2v) is 7.11. The second-order valence-electron chi connectivity index (χ2n) is 7.11. The predicted molar refractivity (Wildman–Crippen MR) is 93.6 cm³/mol. The Kier molecular flexibility index (Phi) is 6.56. The molecule has 0 amide bonds. The molecule has 25 heavy (non-hydrogen) atoms. The fraction of sp³-hybridized carbons (Fsp3) is 0.579. The first-order valence-electron chi connectivity index (χ1n) is 8.53. The van der Waals surface area contributed by atoms with E-state index in [2.05, 4.69) is 4.90 Å². The van der Waals surface area contributed by atoms with E-state index in [0.29, 0.717) is 32.1 Å². The third-order valence-electron chi connectivity index (χ3n) is 3.75. The zero-order valence-corrected chi connectivity index (χ0v) is 15.4. The van der Waals surface area contributed by atoms with Crippen molar-refractivity contribution in [1.82, 2.24) is 4.90 Å². The van der Waals surface area contributed by atoms with Crippen LogP contribution in [0.5, 0.6) is 5.75 Å². The van der Waals surface area contributed by atoms with Gasteiger partial charge in [0, 0.05) is 13.1 Å². The number of benzene rings is 1. The van der Waals surface area contributed by atoms with E-state index in [9.17, 15) is 9.59 Å². The molecule has 138 valence electrons. The van der Waals surface area contributed by atoms with Gasteiger partial charge in [0.1, 0.15) is 11.4 Å². The van der Waals surface area contributed by atoms with Crippen LogP contribution in [0.4, 0.5) is 0 Å². The molecule has 1 saturated heterocycles. The number of carbonyl (C=O) groups excluding carboxylic acids is 2. The Morgan fingerprint density at radius 1 is 1.24 bits per heavy atom. The first-order chi connectivity index (χ1) is 11.8. The highest BCUT2D eigenvalue weighted by atomic mass is 16.6. The summed E-state index contributed by atoms with van der Waals surface area (Å²) in [4.78, 5) is 26.1. The van der Waals surface area contributed by atoms with Gasteiger partial charge in [0.15, 0.2) is 12.4 Å². The molecule has 0 N–H and O–H groups in total. The van der Waals surface area contributed by atoms with Crippen molar-refractivity contribution < 1.29 is 23.8 Å². The molecule has 1 atom stereocenters. The van der Waals surface area contributed by atoms with Crippen molar-refractivity contribution in [3.05, 3.63) is 29.8 Å². The van der Waals surface area contributed by atoms with Crippen LogP contribution in [0, 0.1) is 0 Å². The Labute approximate surface area is 149 Å². The Bertz CT molecular complexity index is 602. The highest BCUT2D eigenvalue weighted by molar-refractivity contribution is 5.83. The van der Waals surface area contributed by atoms with Crippen molar-refractivity contribution in [2.75, 3.05) is 32.9 Å². The number of ether oxygens (including phenoxy) is 3. The summed E-state index contributed by atoms with van der Waals surface area (Å²) >= 11 is 0. The summed E-state index contributed by atoms with van der Waals surface area (Å²) in [6.45, 7) is 9.54. The third kappa shape index (κ3) is 6.14. The largest absolute Gasteiger partial charge is 0.482 e. The van der Waals surface area contributed by atoms with Crippen LogP contribution in [-0.2, 0) is 19.1 Å². The minimum Gasteiger partial charge on any atom is -0.482 e. The average Bonchev–Trinajstić information content (AvgIpc) is 2.53. The molecule has 6 heteroatoms. The van der Waals surface area contributed by atoms with Crippen LogP contribution in [0.2, 0.25) is 0 Å². The highest BCUT2D eigenvalue weighted by Gasteiger charge is 2.26. The Balaban J connectivity index is 2.05. The first kappa shape index (κ1) is 19.4. The van der Waals surface area contributed by atoms with E-state index in [4.69, 9.17) is 14.2 Å². The third-order valence-corrected chi connectivity index (χ3v) is 3.75. The molecule has 1 aromatic rings. The zero-order chi connectivity index (χ0) is 18.4. The summed E-state index contributed by atoms with van der Waals surface area (Å²) < 4.78 is 16.1. The molecule has 0 radical (unpaired) electrons. The molecule has 0 spiro atoms. The monoisotopic (exact) mass is 349 g/mol. The number of nitrogens with zero attached hydrogens (tertiary/aromatic N) is 1. The van der Waals surface area contributed by atoms with Crippen LogP contribution in [0.1, 0.15) is 39.3 Å². The van der Waals surface area contributed by atoms with Gasteiger partial charge in [-0.05, 0) is 45.4 Å². The van der Waals surface area contributed by atoms with E-state index in [-0.39, 0.29) is 18.4 Å². The molecule has 1 fully saturated rings. The minimum absolute atomic E-state index is 0.0752. The number of hydrogen-bond acceptors (Lipinski definition) is 6. The van der Waals surface area contributed by atoms with Gasteiger partial charge < -0.3 is 14.2 Å². The van der Waals surface area contributed by atoms with Gasteiger partial charge in [0.25, 0.3) is 0 Å². The normalized spacial score (nSPS) is 17.0. The quantitative estimate of drug-likeness (QED) is 0.735. The van der Waals surface area contributed by atoms with Gasteiger partial charge in [0.05, 0.1) is 19.3 Å². The van der Waals surface area contributed by atoms with Gasteiger partial charge in [-0.2, -0.15) is 0 Å². The molecule has 0 aromatic heterocycles. The summed E-state index contributed by atoms with van der Waals surface area (Å²) in [5, 5.41) is 0. The molecular weight excluding hydrogens is 322 g/mol. The molecule has 1 heterocycles. The van der Waals surface area contributed by atoms with Crippen LogP contribution in [0.3, 0.4) is 0 Å².